The van der Waals surface area contributed by atoms with Crippen LogP contribution in [0.5, 0.6) is 0 Å². The quantitative estimate of drug-likeness (QED) is 0.700. The number of ketones is 1. The lowest BCUT2D eigenvalue weighted by Crippen LogP contribution is -2.31. The van der Waals surface area contributed by atoms with Crippen molar-refractivity contribution >= 4 is 5.78 Å². The van der Waals surface area contributed by atoms with Crippen LogP contribution in [0.3, 0.4) is 0 Å². The lowest BCUT2D eigenvalue weighted by atomic mass is 9.85. The predicted molar refractivity (Wildman–Crippen MR) is 56.7 cm³/mol. The smallest absolute Gasteiger partial charge is 0.169 e. The van der Waals surface area contributed by atoms with Crippen molar-refractivity contribution in [3.05, 3.63) is 0 Å². The van der Waals surface area contributed by atoms with Gasteiger partial charge in [0.25, 0.3) is 0 Å². The van der Waals surface area contributed by atoms with Crippen molar-refractivity contribution in [2.75, 3.05) is 19.8 Å². The molecular formula is C12H20O3. The first-order valence-corrected chi connectivity index (χ1v) is 5.85. The molecular weight excluding hydrogens is 192 g/mol. The average molecular weight is 212 g/mol. The van der Waals surface area contributed by atoms with Gasteiger partial charge in [-0.2, -0.15) is 0 Å². The van der Waals surface area contributed by atoms with E-state index in [9.17, 15) is 4.79 Å². The molecule has 2 aliphatic heterocycles. The zero-order valence-corrected chi connectivity index (χ0v) is 9.62. The van der Waals surface area contributed by atoms with Gasteiger partial charge in [-0.15, -0.1) is 0 Å². The van der Waals surface area contributed by atoms with Crippen molar-refractivity contribution in [1.82, 2.24) is 0 Å². The third-order valence-corrected chi connectivity index (χ3v) is 3.57. The van der Waals surface area contributed by atoms with Gasteiger partial charge in [0.05, 0.1) is 6.61 Å². The van der Waals surface area contributed by atoms with E-state index in [1.54, 1.807) is 0 Å². The van der Waals surface area contributed by atoms with Crippen LogP contribution in [0.4, 0.5) is 0 Å². The highest BCUT2D eigenvalue weighted by atomic mass is 16.5. The second-order valence-electron chi connectivity index (χ2n) is 5.17. The highest BCUT2D eigenvalue weighted by molar-refractivity contribution is 5.90. The molecule has 0 aromatic rings. The van der Waals surface area contributed by atoms with E-state index >= 15 is 0 Å². The minimum Gasteiger partial charge on any atom is -0.381 e. The maximum atomic E-state index is 11.9. The van der Waals surface area contributed by atoms with Crippen LogP contribution in [-0.4, -0.2) is 31.2 Å². The Bertz CT molecular complexity index is 241. The molecule has 1 atom stereocenters. The van der Waals surface area contributed by atoms with Crippen LogP contribution in [0.15, 0.2) is 0 Å². The van der Waals surface area contributed by atoms with Gasteiger partial charge >= 0.3 is 0 Å². The molecule has 3 heteroatoms. The molecule has 0 aliphatic carbocycles. The highest BCUT2D eigenvalue weighted by Gasteiger charge is 2.42. The maximum absolute atomic E-state index is 11.9. The fourth-order valence-electron chi connectivity index (χ4n) is 2.51. The van der Waals surface area contributed by atoms with Crippen molar-refractivity contribution < 1.29 is 14.3 Å². The van der Waals surface area contributed by atoms with Gasteiger partial charge in [0.2, 0.25) is 0 Å². The molecule has 0 spiro atoms. The van der Waals surface area contributed by atoms with E-state index in [-0.39, 0.29) is 11.7 Å². The molecule has 15 heavy (non-hydrogen) atoms. The van der Waals surface area contributed by atoms with Crippen LogP contribution in [0.1, 0.15) is 33.1 Å². The molecule has 0 amide bonds. The fourth-order valence-corrected chi connectivity index (χ4v) is 2.51. The number of rotatable bonds is 2. The third-order valence-electron chi connectivity index (χ3n) is 3.57. The molecule has 0 radical (unpaired) electrons. The highest BCUT2D eigenvalue weighted by Crippen LogP contribution is 2.32. The number of carbonyl (C=O) groups excluding carboxylic acids is 1. The first-order chi connectivity index (χ1) is 7.09. The molecule has 3 nitrogen and oxygen atoms in total. The number of hydrogen-bond donors (Lipinski definition) is 0. The van der Waals surface area contributed by atoms with Crippen molar-refractivity contribution in [3.63, 3.8) is 0 Å². The normalized spacial score (nSPS) is 32.1. The zero-order valence-electron chi connectivity index (χ0n) is 9.62. The van der Waals surface area contributed by atoms with Gasteiger partial charge in [-0.3, -0.25) is 4.79 Å². The lowest BCUT2D eigenvalue weighted by Gasteiger charge is -2.23. The van der Waals surface area contributed by atoms with E-state index in [0.717, 1.165) is 32.5 Å². The summed E-state index contributed by atoms with van der Waals surface area (Å²) < 4.78 is 10.8. The Morgan fingerprint density at radius 3 is 2.53 bits per heavy atom. The molecule has 0 saturated carbocycles. The summed E-state index contributed by atoms with van der Waals surface area (Å²) >= 11 is 0. The first kappa shape index (κ1) is 11.1. The molecule has 1 unspecified atom stereocenters. The maximum Gasteiger partial charge on any atom is 0.169 e. The summed E-state index contributed by atoms with van der Waals surface area (Å²) in [6, 6.07) is 0. The summed E-state index contributed by atoms with van der Waals surface area (Å²) in [5.41, 5.74) is -0.546. The van der Waals surface area contributed by atoms with E-state index < -0.39 is 5.60 Å². The fraction of sp³-hybridized carbons (Fsp3) is 0.917. The average Bonchev–Trinajstić information content (AvgIpc) is 2.47. The Morgan fingerprint density at radius 2 is 2.00 bits per heavy atom. The number of Topliss-reactive ketones (excluding diaryl/α,β-unsaturated/α-hetero) is 1. The van der Waals surface area contributed by atoms with Gasteiger partial charge in [-0.1, -0.05) is 0 Å². The van der Waals surface area contributed by atoms with Gasteiger partial charge < -0.3 is 9.47 Å². The second-order valence-corrected chi connectivity index (χ2v) is 5.17. The summed E-state index contributed by atoms with van der Waals surface area (Å²) in [5.74, 6) is 1.07. The lowest BCUT2D eigenvalue weighted by molar-refractivity contribution is -0.130. The van der Waals surface area contributed by atoms with Crippen LogP contribution >= 0.6 is 0 Å². The summed E-state index contributed by atoms with van der Waals surface area (Å²) in [6.45, 7) is 6.08. The molecule has 0 aromatic carbocycles. The molecule has 2 rings (SSSR count). The van der Waals surface area contributed by atoms with Crippen molar-refractivity contribution in [1.29, 1.82) is 0 Å². The van der Waals surface area contributed by atoms with Crippen LogP contribution in [-0.2, 0) is 14.3 Å². The standard InChI is InChI=1S/C12H20O3/c1-12(2)11(13)10(8-15-12)7-9-3-5-14-6-4-9/h9-10H,3-8H2,1-2H3. The molecule has 0 bridgehead atoms. The number of ether oxygens (including phenoxy) is 2. The van der Waals surface area contributed by atoms with E-state index in [1.807, 2.05) is 13.8 Å². The molecule has 2 fully saturated rings. The van der Waals surface area contributed by atoms with Gasteiger partial charge in [-0.05, 0) is 39.0 Å². The minimum atomic E-state index is -0.546. The molecule has 2 heterocycles. The predicted octanol–water partition coefficient (Wildman–Crippen LogP) is 1.80. The van der Waals surface area contributed by atoms with E-state index in [1.165, 1.54) is 0 Å². The van der Waals surface area contributed by atoms with Crippen LogP contribution in [0.25, 0.3) is 0 Å². The Morgan fingerprint density at radius 1 is 1.33 bits per heavy atom. The largest absolute Gasteiger partial charge is 0.381 e. The molecule has 0 aromatic heterocycles. The molecule has 0 N–H and O–H groups in total. The molecule has 2 aliphatic rings. The van der Waals surface area contributed by atoms with Crippen LogP contribution < -0.4 is 0 Å². The SMILES string of the molecule is CC1(C)OCC(CC2CCOCC2)C1=O. The summed E-state index contributed by atoms with van der Waals surface area (Å²) in [5, 5.41) is 0. The summed E-state index contributed by atoms with van der Waals surface area (Å²) in [7, 11) is 0. The van der Waals surface area contributed by atoms with Crippen LogP contribution in [0, 0.1) is 11.8 Å². The van der Waals surface area contributed by atoms with E-state index in [0.29, 0.717) is 12.5 Å². The van der Waals surface area contributed by atoms with Gasteiger partial charge in [-0.25, -0.2) is 0 Å². The Kier molecular flexibility index (Phi) is 3.12. The van der Waals surface area contributed by atoms with E-state index in [2.05, 4.69) is 0 Å². The first-order valence-electron chi connectivity index (χ1n) is 5.85. The summed E-state index contributed by atoms with van der Waals surface area (Å²) in [4.78, 5) is 11.9. The van der Waals surface area contributed by atoms with Crippen molar-refractivity contribution in [2.24, 2.45) is 11.8 Å². The van der Waals surface area contributed by atoms with Crippen molar-refractivity contribution in [2.45, 2.75) is 38.7 Å². The molecule has 86 valence electrons. The monoisotopic (exact) mass is 212 g/mol. The van der Waals surface area contributed by atoms with Crippen LogP contribution in [0.2, 0.25) is 0 Å². The van der Waals surface area contributed by atoms with Gasteiger partial charge in [0, 0.05) is 19.1 Å². The number of hydrogen-bond acceptors (Lipinski definition) is 3. The third kappa shape index (κ3) is 2.40. The minimum absolute atomic E-state index is 0.128. The topological polar surface area (TPSA) is 35.5 Å². The second kappa shape index (κ2) is 4.22. The van der Waals surface area contributed by atoms with Gasteiger partial charge in [0.1, 0.15) is 5.60 Å². The Labute approximate surface area is 91.1 Å². The Hall–Kier alpha value is -0.410. The summed E-state index contributed by atoms with van der Waals surface area (Å²) in [6.07, 6.45) is 3.19. The van der Waals surface area contributed by atoms with Crippen molar-refractivity contribution in [3.8, 4) is 0 Å². The van der Waals surface area contributed by atoms with E-state index in [4.69, 9.17) is 9.47 Å². The Balaban J connectivity index is 1.87. The molecule has 2 saturated heterocycles. The van der Waals surface area contributed by atoms with Gasteiger partial charge in [0.15, 0.2) is 5.78 Å². The number of carbonyl (C=O) groups is 1. The zero-order chi connectivity index (χ0) is 10.9.